The zero-order valence-corrected chi connectivity index (χ0v) is 10.7. The number of nitrogens with zero attached hydrogens (tertiary/aromatic N) is 2. The summed E-state index contributed by atoms with van der Waals surface area (Å²) in [6, 6.07) is 2.37. The monoisotopic (exact) mass is 238 g/mol. The fraction of sp³-hybridized carbons (Fsp3) is 0.769. The molecule has 0 bridgehead atoms. The minimum absolute atomic E-state index is 0.371. The minimum atomic E-state index is -0.632. The van der Waals surface area contributed by atoms with E-state index in [1.165, 1.54) is 0 Å². The first-order chi connectivity index (χ1) is 8.09. The number of hydrogen-bond donors (Lipinski definition) is 1. The summed E-state index contributed by atoms with van der Waals surface area (Å²) in [5.41, 5.74) is 0.343. The van der Waals surface area contributed by atoms with Gasteiger partial charge < -0.3 is 9.84 Å². The average molecular weight is 238 g/mol. The largest absolute Gasteiger partial charge is 0.389 e. The molecule has 1 atom stereocenters. The predicted molar refractivity (Wildman–Crippen MR) is 65.9 cm³/mol. The molecule has 1 aromatic heterocycles. The molecule has 2 heterocycles. The van der Waals surface area contributed by atoms with Crippen LogP contribution in [0, 0.1) is 0 Å². The Balaban J connectivity index is 2.02. The molecular formula is C13H22N2O2. The summed E-state index contributed by atoms with van der Waals surface area (Å²) < 4.78 is 7.32. The van der Waals surface area contributed by atoms with Gasteiger partial charge in [-0.15, -0.1) is 0 Å². The zero-order valence-electron chi connectivity index (χ0n) is 10.7. The number of aliphatic hydroxyl groups is 1. The van der Waals surface area contributed by atoms with Crippen molar-refractivity contribution in [3.63, 3.8) is 0 Å². The summed E-state index contributed by atoms with van der Waals surface area (Å²) in [6.45, 7) is 5.63. The van der Waals surface area contributed by atoms with E-state index >= 15 is 0 Å². The molecule has 0 spiro atoms. The lowest BCUT2D eigenvalue weighted by Gasteiger charge is -2.24. The van der Waals surface area contributed by atoms with E-state index in [0.717, 1.165) is 25.1 Å². The van der Waals surface area contributed by atoms with Crippen LogP contribution in [0.4, 0.5) is 0 Å². The normalized spacial score (nSPS) is 26.1. The molecule has 1 fully saturated rings. The van der Waals surface area contributed by atoms with E-state index in [-0.39, 0.29) is 0 Å². The maximum absolute atomic E-state index is 10.5. The van der Waals surface area contributed by atoms with E-state index in [2.05, 4.69) is 18.9 Å². The highest BCUT2D eigenvalue weighted by atomic mass is 16.5. The SMILES string of the molecule is CC(C)n1ccc(CC2(O)CCCOCC2)n1. The van der Waals surface area contributed by atoms with Gasteiger partial charge in [0.1, 0.15) is 0 Å². The van der Waals surface area contributed by atoms with Crippen molar-refractivity contribution in [3.8, 4) is 0 Å². The summed E-state index contributed by atoms with van der Waals surface area (Å²) in [6.07, 6.45) is 5.07. The van der Waals surface area contributed by atoms with Crippen molar-refractivity contribution in [1.82, 2.24) is 9.78 Å². The Kier molecular flexibility index (Phi) is 3.84. The van der Waals surface area contributed by atoms with Crippen LogP contribution in [0.3, 0.4) is 0 Å². The van der Waals surface area contributed by atoms with Crippen molar-refractivity contribution in [2.24, 2.45) is 0 Å². The third-order valence-electron chi connectivity index (χ3n) is 3.35. The highest BCUT2D eigenvalue weighted by Gasteiger charge is 2.29. The topological polar surface area (TPSA) is 47.3 Å². The number of rotatable bonds is 3. The van der Waals surface area contributed by atoms with Gasteiger partial charge in [0.05, 0.1) is 11.3 Å². The Bertz CT molecular complexity index is 352. The Morgan fingerprint density at radius 3 is 3.00 bits per heavy atom. The van der Waals surface area contributed by atoms with Gasteiger partial charge in [0.2, 0.25) is 0 Å². The van der Waals surface area contributed by atoms with Crippen molar-refractivity contribution in [1.29, 1.82) is 0 Å². The maximum Gasteiger partial charge on any atom is 0.0726 e. The van der Waals surface area contributed by atoms with Gasteiger partial charge in [-0.1, -0.05) is 0 Å². The standard InChI is InChI=1S/C13H22N2O2/c1-11(2)15-7-4-12(14-15)10-13(16)5-3-8-17-9-6-13/h4,7,11,16H,3,5-6,8-10H2,1-2H3. The number of aromatic nitrogens is 2. The van der Waals surface area contributed by atoms with Crippen molar-refractivity contribution < 1.29 is 9.84 Å². The highest BCUT2D eigenvalue weighted by molar-refractivity contribution is 5.04. The Morgan fingerprint density at radius 1 is 1.47 bits per heavy atom. The first-order valence-electron chi connectivity index (χ1n) is 6.43. The van der Waals surface area contributed by atoms with E-state index in [1.54, 1.807) is 0 Å². The Morgan fingerprint density at radius 2 is 2.29 bits per heavy atom. The third-order valence-corrected chi connectivity index (χ3v) is 3.35. The fourth-order valence-corrected chi connectivity index (χ4v) is 2.27. The smallest absolute Gasteiger partial charge is 0.0726 e. The molecule has 96 valence electrons. The molecule has 0 aliphatic carbocycles. The van der Waals surface area contributed by atoms with Crippen LogP contribution in [0.2, 0.25) is 0 Å². The lowest BCUT2D eigenvalue weighted by molar-refractivity contribution is 0.0179. The fourth-order valence-electron chi connectivity index (χ4n) is 2.27. The van der Waals surface area contributed by atoms with E-state index in [9.17, 15) is 5.11 Å². The van der Waals surface area contributed by atoms with E-state index in [0.29, 0.717) is 25.5 Å². The van der Waals surface area contributed by atoms with Crippen molar-refractivity contribution in [2.75, 3.05) is 13.2 Å². The summed E-state index contributed by atoms with van der Waals surface area (Å²) in [5.74, 6) is 0. The molecule has 17 heavy (non-hydrogen) atoms. The van der Waals surface area contributed by atoms with Crippen LogP contribution in [0.5, 0.6) is 0 Å². The second-order valence-electron chi connectivity index (χ2n) is 5.25. The van der Waals surface area contributed by atoms with Crippen LogP contribution in [0.1, 0.15) is 44.8 Å². The Labute approximate surface area is 103 Å². The zero-order chi connectivity index (χ0) is 12.3. The Hall–Kier alpha value is -0.870. The first kappa shape index (κ1) is 12.6. The lowest BCUT2D eigenvalue weighted by Crippen LogP contribution is -2.32. The molecule has 0 radical (unpaired) electrons. The first-order valence-corrected chi connectivity index (χ1v) is 6.43. The summed E-state index contributed by atoms with van der Waals surface area (Å²) in [7, 11) is 0. The second-order valence-corrected chi connectivity index (χ2v) is 5.25. The molecular weight excluding hydrogens is 216 g/mol. The molecule has 1 aromatic rings. The molecule has 0 saturated carbocycles. The maximum atomic E-state index is 10.5. The summed E-state index contributed by atoms with van der Waals surface area (Å²) in [5, 5.41) is 15.0. The number of ether oxygens (including phenoxy) is 1. The van der Waals surface area contributed by atoms with E-state index in [4.69, 9.17) is 4.74 Å². The van der Waals surface area contributed by atoms with Gasteiger partial charge in [0.25, 0.3) is 0 Å². The quantitative estimate of drug-likeness (QED) is 0.875. The molecule has 0 aromatic carbocycles. The van der Waals surface area contributed by atoms with E-state index in [1.807, 2.05) is 16.9 Å². The van der Waals surface area contributed by atoms with Gasteiger partial charge in [-0.2, -0.15) is 5.10 Å². The molecule has 2 rings (SSSR count). The van der Waals surface area contributed by atoms with Crippen LogP contribution in [-0.2, 0) is 11.2 Å². The molecule has 1 N–H and O–H groups in total. The molecule has 4 heteroatoms. The van der Waals surface area contributed by atoms with Gasteiger partial charge in [-0.3, -0.25) is 4.68 Å². The molecule has 1 unspecified atom stereocenters. The molecule has 1 aliphatic heterocycles. The van der Waals surface area contributed by atoms with Crippen molar-refractivity contribution in [3.05, 3.63) is 18.0 Å². The summed E-state index contributed by atoms with van der Waals surface area (Å²) >= 11 is 0. The van der Waals surface area contributed by atoms with Gasteiger partial charge in [-0.05, 0) is 39.2 Å². The van der Waals surface area contributed by atoms with Crippen molar-refractivity contribution in [2.45, 2.75) is 51.2 Å². The van der Waals surface area contributed by atoms with Crippen LogP contribution in [0.15, 0.2) is 12.3 Å². The molecule has 0 amide bonds. The van der Waals surface area contributed by atoms with Crippen LogP contribution < -0.4 is 0 Å². The lowest BCUT2D eigenvalue weighted by atomic mass is 9.90. The van der Waals surface area contributed by atoms with Gasteiger partial charge in [0.15, 0.2) is 0 Å². The van der Waals surface area contributed by atoms with Gasteiger partial charge in [-0.25, -0.2) is 0 Å². The van der Waals surface area contributed by atoms with Gasteiger partial charge in [0, 0.05) is 31.9 Å². The summed E-state index contributed by atoms with van der Waals surface area (Å²) in [4.78, 5) is 0. The highest BCUT2D eigenvalue weighted by Crippen LogP contribution is 2.25. The van der Waals surface area contributed by atoms with Gasteiger partial charge >= 0.3 is 0 Å². The van der Waals surface area contributed by atoms with Crippen LogP contribution in [-0.4, -0.2) is 33.7 Å². The minimum Gasteiger partial charge on any atom is -0.389 e. The van der Waals surface area contributed by atoms with Crippen LogP contribution in [0.25, 0.3) is 0 Å². The number of hydrogen-bond acceptors (Lipinski definition) is 3. The van der Waals surface area contributed by atoms with E-state index < -0.39 is 5.60 Å². The van der Waals surface area contributed by atoms with Crippen molar-refractivity contribution >= 4 is 0 Å². The second kappa shape index (κ2) is 5.19. The molecule has 4 nitrogen and oxygen atoms in total. The van der Waals surface area contributed by atoms with Crippen LogP contribution >= 0.6 is 0 Å². The molecule has 1 saturated heterocycles. The third kappa shape index (κ3) is 3.30. The average Bonchev–Trinajstić information content (AvgIpc) is 2.61. The predicted octanol–water partition coefficient (Wildman–Crippen LogP) is 1.94. The molecule has 1 aliphatic rings.